The maximum Gasteiger partial charge on any atom is 0.248 e. The minimum Gasteiger partial charge on any atom is -0.377 e. The summed E-state index contributed by atoms with van der Waals surface area (Å²) in [5, 5.41) is 0. The molecule has 1 saturated heterocycles. The molecule has 1 aliphatic rings. The molecule has 0 aromatic carbocycles. The topological polar surface area (TPSA) is 38.8 Å². The van der Waals surface area contributed by atoms with Gasteiger partial charge in [-0.15, -0.1) is 0 Å². The van der Waals surface area contributed by atoms with Crippen LogP contribution >= 0.6 is 0 Å². The Morgan fingerprint density at radius 1 is 1.75 bits per heavy atom. The molecule has 0 bridgehead atoms. The Morgan fingerprint density at radius 3 is 3.08 bits per heavy atom. The van der Waals surface area contributed by atoms with E-state index in [4.69, 9.17) is 9.47 Å². The van der Waals surface area contributed by atoms with E-state index in [1.807, 2.05) is 6.92 Å². The molecule has 0 aliphatic carbocycles. The summed E-state index contributed by atoms with van der Waals surface area (Å²) in [5.74, 6) is 0.0494. The zero-order valence-electron chi connectivity index (χ0n) is 7.58. The molecule has 12 heavy (non-hydrogen) atoms. The highest BCUT2D eigenvalue weighted by molar-refractivity contribution is 5.77. The fraction of sp³-hybridized carbons (Fsp3) is 0.875. The molecule has 0 saturated carbocycles. The molecular formula is C8H15NO3. The van der Waals surface area contributed by atoms with E-state index < -0.39 is 0 Å². The molecule has 1 fully saturated rings. The second-order valence-corrected chi connectivity index (χ2v) is 2.94. The van der Waals surface area contributed by atoms with Crippen molar-refractivity contribution in [3.8, 4) is 0 Å². The minimum absolute atomic E-state index is 0.0494. The number of methoxy groups -OCH3 is 1. The molecule has 1 aliphatic heterocycles. The number of nitrogens with zero attached hydrogens (tertiary/aromatic N) is 1. The van der Waals surface area contributed by atoms with Crippen molar-refractivity contribution in [1.82, 2.24) is 4.90 Å². The van der Waals surface area contributed by atoms with Gasteiger partial charge in [0.15, 0.2) is 0 Å². The van der Waals surface area contributed by atoms with Crippen molar-refractivity contribution < 1.29 is 14.3 Å². The van der Waals surface area contributed by atoms with Crippen molar-refractivity contribution in [3.05, 3.63) is 0 Å². The highest BCUT2D eigenvalue weighted by atomic mass is 16.5. The summed E-state index contributed by atoms with van der Waals surface area (Å²) in [4.78, 5) is 13.2. The molecule has 0 unspecified atom stereocenters. The third-order valence-corrected chi connectivity index (χ3v) is 1.96. The van der Waals surface area contributed by atoms with Crippen LogP contribution in [0.2, 0.25) is 0 Å². The Labute approximate surface area is 72.4 Å². The molecule has 70 valence electrons. The van der Waals surface area contributed by atoms with Gasteiger partial charge in [-0.1, -0.05) is 0 Å². The number of hydrogen-bond donors (Lipinski definition) is 0. The van der Waals surface area contributed by atoms with Crippen LogP contribution in [0, 0.1) is 0 Å². The first-order valence-corrected chi connectivity index (χ1v) is 4.12. The highest BCUT2D eigenvalue weighted by Crippen LogP contribution is 2.05. The van der Waals surface area contributed by atoms with Crippen molar-refractivity contribution in [2.45, 2.75) is 13.0 Å². The molecule has 0 aromatic rings. The molecule has 0 radical (unpaired) electrons. The van der Waals surface area contributed by atoms with Gasteiger partial charge in [0.1, 0.15) is 6.61 Å². The van der Waals surface area contributed by atoms with Gasteiger partial charge in [0.05, 0.1) is 19.3 Å². The SMILES string of the molecule is COCC(=O)N1CCOC[C@H]1C. The number of ether oxygens (including phenoxy) is 2. The first kappa shape index (κ1) is 9.48. The average Bonchev–Trinajstić information content (AvgIpc) is 2.05. The van der Waals surface area contributed by atoms with Gasteiger partial charge in [0.25, 0.3) is 0 Å². The molecule has 0 N–H and O–H groups in total. The van der Waals surface area contributed by atoms with Crippen LogP contribution in [0.5, 0.6) is 0 Å². The Bertz CT molecular complexity index is 160. The zero-order valence-corrected chi connectivity index (χ0v) is 7.58. The molecule has 1 heterocycles. The lowest BCUT2D eigenvalue weighted by Gasteiger charge is -2.33. The number of morpholine rings is 1. The maximum atomic E-state index is 11.4. The quantitative estimate of drug-likeness (QED) is 0.584. The first-order valence-electron chi connectivity index (χ1n) is 4.12. The van der Waals surface area contributed by atoms with E-state index in [1.54, 1.807) is 4.90 Å². The van der Waals surface area contributed by atoms with Crippen LogP contribution in [0.4, 0.5) is 0 Å². The summed E-state index contributed by atoms with van der Waals surface area (Å²) in [7, 11) is 1.53. The van der Waals surface area contributed by atoms with Crippen LogP contribution in [-0.4, -0.2) is 50.3 Å². The minimum atomic E-state index is 0.0494. The predicted octanol–water partition coefficient (Wildman–Crippen LogP) is -0.120. The number of amides is 1. The van der Waals surface area contributed by atoms with Gasteiger partial charge >= 0.3 is 0 Å². The van der Waals surface area contributed by atoms with Crippen molar-refractivity contribution in [2.24, 2.45) is 0 Å². The summed E-state index contributed by atoms with van der Waals surface area (Å²) in [5.41, 5.74) is 0. The van der Waals surface area contributed by atoms with Crippen LogP contribution in [0.25, 0.3) is 0 Å². The van der Waals surface area contributed by atoms with Gasteiger partial charge in [-0.05, 0) is 6.92 Å². The first-order chi connectivity index (χ1) is 5.75. The predicted molar refractivity (Wildman–Crippen MR) is 43.9 cm³/mol. The van der Waals surface area contributed by atoms with E-state index >= 15 is 0 Å². The van der Waals surface area contributed by atoms with Crippen molar-refractivity contribution >= 4 is 5.91 Å². The maximum absolute atomic E-state index is 11.4. The van der Waals surface area contributed by atoms with E-state index in [1.165, 1.54) is 7.11 Å². The normalized spacial score (nSPS) is 24.2. The van der Waals surface area contributed by atoms with E-state index in [9.17, 15) is 4.79 Å². The lowest BCUT2D eigenvalue weighted by atomic mass is 10.2. The molecule has 1 amide bonds. The Balaban J connectivity index is 2.42. The average molecular weight is 173 g/mol. The van der Waals surface area contributed by atoms with Crippen LogP contribution in [0.3, 0.4) is 0 Å². The molecule has 1 atom stereocenters. The molecule has 0 aromatic heterocycles. The Morgan fingerprint density at radius 2 is 2.50 bits per heavy atom. The second-order valence-electron chi connectivity index (χ2n) is 2.94. The van der Waals surface area contributed by atoms with Crippen LogP contribution in [-0.2, 0) is 14.3 Å². The van der Waals surface area contributed by atoms with Crippen molar-refractivity contribution in [1.29, 1.82) is 0 Å². The van der Waals surface area contributed by atoms with Gasteiger partial charge in [-0.3, -0.25) is 4.79 Å². The summed E-state index contributed by atoms with van der Waals surface area (Å²) in [6.45, 7) is 4.11. The number of hydrogen-bond acceptors (Lipinski definition) is 3. The van der Waals surface area contributed by atoms with Crippen LogP contribution < -0.4 is 0 Å². The summed E-state index contributed by atoms with van der Waals surface area (Å²) in [6.07, 6.45) is 0. The standard InChI is InChI=1S/C8H15NO3/c1-7-5-12-4-3-9(7)8(10)6-11-2/h7H,3-6H2,1-2H3/t7-/m1/s1. The lowest BCUT2D eigenvalue weighted by Crippen LogP contribution is -2.48. The third kappa shape index (κ3) is 2.19. The van der Waals surface area contributed by atoms with E-state index in [0.717, 1.165) is 0 Å². The van der Waals surface area contributed by atoms with Crippen molar-refractivity contribution in [3.63, 3.8) is 0 Å². The lowest BCUT2D eigenvalue weighted by molar-refractivity contribution is -0.143. The Hall–Kier alpha value is -0.610. The number of carbonyl (C=O) groups excluding carboxylic acids is 1. The number of carbonyl (C=O) groups is 1. The van der Waals surface area contributed by atoms with E-state index in [-0.39, 0.29) is 18.6 Å². The van der Waals surface area contributed by atoms with Gasteiger partial charge in [-0.2, -0.15) is 0 Å². The van der Waals surface area contributed by atoms with Gasteiger partial charge < -0.3 is 14.4 Å². The molecule has 0 spiro atoms. The molecule has 4 heteroatoms. The fourth-order valence-electron chi connectivity index (χ4n) is 1.30. The van der Waals surface area contributed by atoms with Gasteiger partial charge in [0, 0.05) is 13.7 Å². The smallest absolute Gasteiger partial charge is 0.248 e. The summed E-state index contributed by atoms with van der Waals surface area (Å²) < 4.78 is 9.98. The molecule has 4 nitrogen and oxygen atoms in total. The zero-order chi connectivity index (χ0) is 8.97. The largest absolute Gasteiger partial charge is 0.377 e. The second kappa shape index (κ2) is 4.42. The number of rotatable bonds is 2. The van der Waals surface area contributed by atoms with Gasteiger partial charge in [-0.25, -0.2) is 0 Å². The monoisotopic (exact) mass is 173 g/mol. The summed E-state index contributed by atoms with van der Waals surface area (Å²) >= 11 is 0. The third-order valence-electron chi connectivity index (χ3n) is 1.96. The van der Waals surface area contributed by atoms with Crippen molar-refractivity contribution in [2.75, 3.05) is 33.5 Å². The van der Waals surface area contributed by atoms with Gasteiger partial charge in [0.2, 0.25) is 5.91 Å². The van der Waals surface area contributed by atoms with E-state index in [0.29, 0.717) is 19.8 Å². The van der Waals surface area contributed by atoms with E-state index in [2.05, 4.69) is 0 Å². The molecular weight excluding hydrogens is 158 g/mol. The van der Waals surface area contributed by atoms with Crippen LogP contribution in [0.1, 0.15) is 6.92 Å². The summed E-state index contributed by atoms with van der Waals surface area (Å²) in [6, 6.07) is 0.182. The highest BCUT2D eigenvalue weighted by Gasteiger charge is 2.22. The molecule has 1 rings (SSSR count). The Kier molecular flexibility index (Phi) is 3.49. The van der Waals surface area contributed by atoms with Crippen LogP contribution in [0.15, 0.2) is 0 Å². The fourth-order valence-corrected chi connectivity index (χ4v) is 1.30.